The lowest BCUT2D eigenvalue weighted by molar-refractivity contribution is -0.117. The fraction of sp³-hybridized carbons (Fsp3) is 0.105. The topological polar surface area (TPSA) is 84.1 Å². The molecule has 0 aliphatic carbocycles. The highest BCUT2D eigenvalue weighted by Crippen LogP contribution is 2.21. The van der Waals surface area contributed by atoms with Gasteiger partial charge in [-0.1, -0.05) is 11.8 Å². The van der Waals surface area contributed by atoms with Crippen LogP contribution in [0.25, 0.3) is 11.3 Å². The molecule has 2 amide bonds. The summed E-state index contributed by atoms with van der Waals surface area (Å²) in [6.45, 7) is 0. The molecule has 6 nitrogen and oxygen atoms in total. The number of amides is 2. The van der Waals surface area contributed by atoms with Crippen molar-refractivity contribution in [3.8, 4) is 17.0 Å². The van der Waals surface area contributed by atoms with Crippen LogP contribution in [0.4, 0.5) is 4.39 Å². The quantitative estimate of drug-likeness (QED) is 0.636. The van der Waals surface area contributed by atoms with E-state index in [4.69, 9.17) is 4.74 Å². The molecule has 3 aromatic rings. The number of imidazole rings is 1. The minimum Gasteiger partial charge on any atom is -0.497 e. The zero-order valence-electron chi connectivity index (χ0n) is 14.4. The maximum atomic E-state index is 13.0. The molecule has 0 saturated carbocycles. The van der Waals surface area contributed by atoms with E-state index in [1.54, 1.807) is 42.6 Å². The van der Waals surface area contributed by atoms with Crippen LogP contribution in [0.2, 0.25) is 0 Å². The van der Waals surface area contributed by atoms with Crippen LogP contribution in [0.5, 0.6) is 5.75 Å². The van der Waals surface area contributed by atoms with Crippen molar-refractivity contribution >= 4 is 23.6 Å². The molecule has 0 aliphatic heterocycles. The van der Waals surface area contributed by atoms with Gasteiger partial charge in [-0.2, -0.15) is 0 Å². The number of imide groups is 1. The summed E-state index contributed by atoms with van der Waals surface area (Å²) >= 11 is 1.17. The highest BCUT2D eigenvalue weighted by Gasteiger charge is 2.12. The lowest BCUT2D eigenvalue weighted by atomic mass is 10.2. The molecule has 0 aliphatic rings. The summed E-state index contributed by atoms with van der Waals surface area (Å²) in [5, 5.41) is 2.85. The Labute approximate surface area is 159 Å². The Hall–Kier alpha value is -3.13. The van der Waals surface area contributed by atoms with Gasteiger partial charge in [0.05, 0.1) is 24.8 Å². The molecule has 0 atom stereocenters. The lowest BCUT2D eigenvalue weighted by Crippen LogP contribution is -2.31. The fourth-order valence-electron chi connectivity index (χ4n) is 2.26. The first-order chi connectivity index (χ1) is 13.0. The van der Waals surface area contributed by atoms with E-state index in [1.165, 1.54) is 31.0 Å². The third kappa shape index (κ3) is 4.95. The van der Waals surface area contributed by atoms with Gasteiger partial charge in [0.25, 0.3) is 5.91 Å². The van der Waals surface area contributed by atoms with E-state index in [2.05, 4.69) is 15.3 Å². The van der Waals surface area contributed by atoms with Crippen LogP contribution >= 0.6 is 11.8 Å². The standard InChI is InChI=1S/C19H16FN3O3S/c1-26-15-8-4-13(5-9-15)18(25)23-17(24)11-27-19-21-10-16(22-19)12-2-6-14(20)7-3-12/h2-10H,11H2,1H3,(H,21,22)(H,23,24,25). The van der Waals surface area contributed by atoms with Crippen LogP contribution in [0.1, 0.15) is 10.4 Å². The number of aromatic nitrogens is 2. The summed E-state index contributed by atoms with van der Waals surface area (Å²) in [5.74, 6) is -0.567. The summed E-state index contributed by atoms with van der Waals surface area (Å²) in [6.07, 6.45) is 1.61. The van der Waals surface area contributed by atoms with Gasteiger partial charge < -0.3 is 9.72 Å². The zero-order chi connectivity index (χ0) is 19.2. The van der Waals surface area contributed by atoms with Crippen molar-refractivity contribution in [1.29, 1.82) is 0 Å². The second-order valence-electron chi connectivity index (χ2n) is 5.50. The van der Waals surface area contributed by atoms with Crippen LogP contribution in [0, 0.1) is 5.82 Å². The van der Waals surface area contributed by atoms with E-state index in [0.29, 0.717) is 22.2 Å². The van der Waals surface area contributed by atoms with Gasteiger partial charge in [0, 0.05) is 5.56 Å². The number of H-pyrrole nitrogens is 1. The van der Waals surface area contributed by atoms with Gasteiger partial charge in [0.2, 0.25) is 5.91 Å². The summed E-state index contributed by atoms with van der Waals surface area (Å²) in [7, 11) is 1.53. The van der Waals surface area contributed by atoms with Gasteiger partial charge in [-0.3, -0.25) is 14.9 Å². The highest BCUT2D eigenvalue weighted by molar-refractivity contribution is 7.99. The average Bonchev–Trinajstić information content (AvgIpc) is 3.16. The van der Waals surface area contributed by atoms with Gasteiger partial charge >= 0.3 is 0 Å². The van der Waals surface area contributed by atoms with Crippen molar-refractivity contribution in [3.63, 3.8) is 0 Å². The molecular formula is C19H16FN3O3S. The molecule has 2 N–H and O–H groups in total. The minimum absolute atomic E-state index is 0.0261. The van der Waals surface area contributed by atoms with Crippen molar-refractivity contribution in [1.82, 2.24) is 15.3 Å². The molecular weight excluding hydrogens is 369 g/mol. The van der Waals surface area contributed by atoms with Crippen molar-refractivity contribution in [2.75, 3.05) is 12.9 Å². The number of ether oxygens (including phenoxy) is 1. The maximum absolute atomic E-state index is 13.0. The number of rotatable bonds is 6. The largest absolute Gasteiger partial charge is 0.497 e. The van der Waals surface area contributed by atoms with E-state index >= 15 is 0 Å². The third-order valence-corrected chi connectivity index (χ3v) is 4.54. The molecule has 0 saturated heterocycles. The number of methoxy groups -OCH3 is 1. The second kappa shape index (κ2) is 8.50. The van der Waals surface area contributed by atoms with Crippen molar-refractivity contribution in [3.05, 3.63) is 66.1 Å². The molecule has 138 valence electrons. The SMILES string of the molecule is COc1ccc(C(=O)NC(=O)CSc2ncc(-c3ccc(F)cc3)[nH]2)cc1. The van der Waals surface area contributed by atoms with Crippen LogP contribution in [0.3, 0.4) is 0 Å². The van der Waals surface area contributed by atoms with E-state index in [1.807, 2.05) is 0 Å². The molecule has 0 fully saturated rings. The third-order valence-electron chi connectivity index (χ3n) is 3.65. The average molecular weight is 385 g/mol. The van der Waals surface area contributed by atoms with Gasteiger partial charge in [-0.05, 0) is 54.1 Å². The van der Waals surface area contributed by atoms with Crippen LogP contribution < -0.4 is 10.1 Å². The molecule has 0 bridgehead atoms. The number of hydrogen-bond acceptors (Lipinski definition) is 5. The first-order valence-electron chi connectivity index (χ1n) is 7.97. The summed E-state index contributed by atoms with van der Waals surface area (Å²) in [6, 6.07) is 12.4. The second-order valence-corrected chi connectivity index (χ2v) is 6.47. The smallest absolute Gasteiger partial charge is 0.257 e. The van der Waals surface area contributed by atoms with E-state index < -0.39 is 11.8 Å². The Balaban J connectivity index is 1.53. The molecule has 0 unspecified atom stereocenters. The molecule has 1 aromatic heterocycles. The predicted octanol–water partition coefficient (Wildman–Crippen LogP) is 3.27. The van der Waals surface area contributed by atoms with Crippen molar-refractivity contribution in [2.24, 2.45) is 0 Å². The fourth-order valence-corrected chi connectivity index (χ4v) is 2.91. The first-order valence-corrected chi connectivity index (χ1v) is 8.95. The van der Waals surface area contributed by atoms with Crippen molar-refractivity contribution in [2.45, 2.75) is 5.16 Å². The maximum Gasteiger partial charge on any atom is 0.257 e. The Morgan fingerprint density at radius 2 is 1.85 bits per heavy atom. The number of benzene rings is 2. The monoisotopic (exact) mass is 385 g/mol. The number of carbonyl (C=O) groups is 2. The zero-order valence-corrected chi connectivity index (χ0v) is 15.2. The van der Waals surface area contributed by atoms with Crippen LogP contribution in [-0.2, 0) is 4.79 Å². The highest BCUT2D eigenvalue weighted by atomic mass is 32.2. The number of hydrogen-bond donors (Lipinski definition) is 2. The number of carbonyl (C=O) groups excluding carboxylic acids is 2. The lowest BCUT2D eigenvalue weighted by Gasteiger charge is -2.04. The van der Waals surface area contributed by atoms with Gasteiger partial charge in [0.1, 0.15) is 11.6 Å². The molecule has 1 heterocycles. The van der Waals surface area contributed by atoms with E-state index in [0.717, 1.165) is 5.56 Å². The molecule has 0 radical (unpaired) electrons. The Morgan fingerprint density at radius 3 is 2.52 bits per heavy atom. The Bertz CT molecular complexity index is 940. The van der Waals surface area contributed by atoms with E-state index in [9.17, 15) is 14.0 Å². The van der Waals surface area contributed by atoms with Gasteiger partial charge in [0.15, 0.2) is 5.16 Å². The normalized spacial score (nSPS) is 10.4. The number of nitrogens with zero attached hydrogens (tertiary/aromatic N) is 1. The Kier molecular flexibility index (Phi) is 5.87. The Morgan fingerprint density at radius 1 is 1.15 bits per heavy atom. The first kappa shape index (κ1) is 18.7. The van der Waals surface area contributed by atoms with E-state index in [-0.39, 0.29) is 11.6 Å². The van der Waals surface area contributed by atoms with Crippen LogP contribution in [0.15, 0.2) is 59.9 Å². The number of thioether (sulfide) groups is 1. The van der Waals surface area contributed by atoms with Gasteiger partial charge in [-0.25, -0.2) is 9.37 Å². The van der Waals surface area contributed by atoms with Crippen molar-refractivity contribution < 1.29 is 18.7 Å². The number of aromatic amines is 1. The molecule has 8 heteroatoms. The summed E-state index contributed by atoms with van der Waals surface area (Å²) in [4.78, 5) is 31.3. The summed E-state index contributed by atoms with van der Waals surface area (Å²) < 4.78 is 18.0. The molecule has 0 spiro atoms. The molecule has 3 rings (SSSR count). The predicted molar refractivity (Wildman–Crippen MR) is 100 cm³/mol. The molecule has 27 heavy (non-hydrogen) atoms. The number of halogens is 1. The van der Waals surface area contributed by atoms with Gasteiger partial charge in [-0.15, -0.1) is 0 Å². The number of nitrogens with one attached hydrogen (secondary N) is 2. The molecule has 2 aromatic carbocycles. The minimum atomic E-state index is -0.477. The van der Waals surface area contributed by atoms with Crippen LogP contribution in [-0.4, -0.2) is 34.6 Å². The summed E-state index contributed by atoms with van der Waals surface area (Å²) in [5.41, 5.74) is 1.87.